The second kappa shape index (κ2) is 9.86. The van der Waals surface area contributed by atoms with Crippen LogP contribution in [-0.2, 0) is 9.47 Å². The summed E-state index contributed by atoms with van der Waals surface area (Å²) in [4.78, 5) is 23.6. The Bertz CT molecular complexity index is 797. The van der Waals surface area contributed by atoms with Gasteiger partial charge in [0.1, 0.15) is 22.7 Å². The van der Waals surface area contributed by atoms with Crippen LogP contribution in [0.3, 0.4) is 0 Å². The van der Waals surface area contributed by atoms with Crippen molar-refractivity contribution in [1.29, 1.82) is 0 Å². The molecule has 0 radical (unpaired) electrons. The van der Waals surface area contributed by atoms with E-state index in [1.165, 1.54) is 0 Å². The largest absolute Gasteiger partial charge is 0.514 e. The van der Waals surface area contributed by atoms with Crippen LogP contribution < -0.4 is 9.47 Å². The highest BCUT2D eigenvalue weighted by atomic mass is 16.7. The Morgan fingerprint density at radius 3 is 1.26 bits per heavy atom. The van der Waals surface area contributed by atoms with Crippen molar-refractivity contribution in [2.24, 2.45) is 0 Å². The molecule has 0 heterocycles. The molecule has 6 heteroatoms. The van der Waals surface area contributed by atoms with Gasteiger partial charge in [-0.15, -0.1) is 0 Å². The first-order valence-electron chi connectivity index (χ1n) is 10.4. The van der Waals surface area contributed by atoms with Gasteiger partial charge in [0.05, 0.1) is 0 Å². The second-order valence-corrected chi connectivity index (χ2v) is 9.23. The van der Waals surface area contributed by atoms with Gasteiger partial charge in [-0.1, -0.05) is 31.2 Å². The number of hydrogen-bond donors (Lipinski definition) is 0. The van der Waals surface area contributed by atoms with E-state index in [9.17, 15) is 9.59 Å². The molecule has 0 aliphatic carbocycles. The molecule has 0 aromatic heterocycles. The third-order valence-corrected chi connectivity index (χ3v) is 4.15. The van der Waals surface area contributed by atoms with Crippen LogP contribution in [0.1, 0.15) is 71.9 Å². The highest BCUT2D eigenvalue weighted by molar-refractivity contribution is 5.65. The number of benzene rings is 2. The lowest BCUT2D eigenvalue weighted by Crippen LogP contribution is -2.25. The summed E-state index contributed by atoms with van der Waals surface area (Å²) in [5.74, 6) is 0.995. The fourth-order valence-corrected chi connectivity index (χ4v) is 2.93. The van der Waals surface area contributed by atoms with Gasteiger partial charge in [0.25, 0.3) is 0 Å². The fraction of sp³-hybridized carbons (Fsp3) is 0.440. The third-order valence-electron chi connectivity index (χ3n) is 4.15. The van der Waals surface area contributed by atoms with E-state index in [4.69, 9.17) is 18.9 Å². The summed E-state index contributed by atoms with van der Waals surface area (Å²) in [7, 11) is 0. The van der Waals surface area contributed by atoms with E-state index in [1.54, 1.807) is 65.8 Å². The molecule has 0 saturated carbocycles. The maximum absolute atomic E-state index is 11.8. The molecule has 31 heavy (non-hydrogen) atoms. The summed E-state index contributed by atoms with van der Waals surface area (Å²) >= 11 is 0. The van der Waals surface area contributed by atoms with Gasteiger partial charge >= 0.3 is 12.3 Å². The lowest BCUT2D eigenvalue weighted by atomic mass is 9.89. The standard InChI is InChI=1S/C25H32O6/c1-8-21(17-9-13-19(14-10-17)28-22(26)30-24(2,3)4)18-11-15-20(16-12-18)29-23(27)31-25(5,6)7/h9-16,21H,8H2,1-7H3. The molecule has 0 fully saturated rings. The van der Waals surface area contributed by atoms with Crippen LogP contribution in [-0.4, -0.2) is 23.5 Å². The van der Waals surface area contributed by atoms with Crippen LogP contribution in [0.4, 0.5) is 9.59 Å². The number of carbonyl (C=O) groups excluding carboxylic acids is 2. The average molecular weight is 429 g/mol. The molecule has 0 amide bonds. The maximum Gasteiger partial charge on any atom is 0.514 e. The first-order valence-corrected chi connectivity index (χ1v) is 10.4. The van der Waals surface area contributed by atoms with E-state index >= 15 is 0 Å². The molecule has 2 aromatic carbocycles. The van der Waals surface area contributed by atoms with Gasteiger partial charge in [0.15, 0.2) is 0 Å². The summed E-state index contributed by atoms with van der Waals surface area (Å²) in [5.41, 5.74) is 0.951. The molecule has 0 aliphatic rings. The van der Waals surface area contributed by atoms with E-state index in [2.05, 4.69) is 6.92 Å². The van der Waals surface area contributed by atoms with Gasteiger partial charge in [-0.2, -0.15) is 0 Å². The van der Waals surface area contributed by atoms with Crippen molar-refractivity contribution in [1.82, 2.24) is 0 Å². The summed E-state index contributed by atoms with van der Waals surface area (Å²) in [6.07, 6.45) is -0.584. The molecule has 0 unspecified atom stereocenters. The van der Waals surface area contributed by atoms with Crippen molar-refractivity contribution < 1.29 is 28.5 Å². The normalized spacial score (nSPS) is 11.7. The Labute approximate surface area is 184 Å². The van der Waals surface area contributed by atoms with E-state index in [0.717, 1.165) is 17.5 Å². The van der Waals surface area contributed by atoms with Crippen LogP contribution in [0.15, 0.2) is 48.5 Å². The van der Waals surface area contributed by atoms with Crippen LogP contribution in [0, 0.1) is 0 Å². The zero-order valence-electron chi connectivity index (χ0n) is 19.4. The zero-order chi connectivity index (χ0) is 23.2. The van der Waals surface area contributed by atoms with E-state index in [0.29, 0.717) is 11.5 Å². The summed E-state index contributed by atoms with van der Waals surface area (Å²) < 4.78 is 20.8. The minimum absolute atomic E-state index is 0.145. The highest BCUT2D eigenvalue weighted by Gasteiger charge is 2.20. The van der Waals surface area contributed by atoms with Crippen molar-refractivity contribution >= 4 is 12.3 Å². The van der Waals surface area contributed by atoms with Gasteiger partial charge in [0, 0.05) is 5.92 Å². The van der Waals surface area contributed by atoms with Crippen molar-refractivity contribution in [3.8, 4) is 11.5 Å². The summed E-state index contributed by atoms with van der Waals surface area (Å²) in [5, 5.41) is 0. The van der Waals surface area contributed by atoms with Crippen molar-refractivity contribution in [3.63, 3.8) is 0 Å². The minimum atomic E-state index is -0.729. The van der Waals surface area contributed by atoms with Gasteiger partial charge < -0.3 is 18.9 Å². The monoisotopic (exact) mass is 428 g/mol. The number of carbonyl (C=O) groups is 2. The Kier molecular flexibility index (Phi) is 7.71. The SMILES string of the molecule is CCC(c1ccc(OC(=O)OC(C)(C)C)cc1)c1ccc(OC(=O)OC(C)(C)C)cc1. The lowest BCUT2D eigenvalue weighted by molar-refractivity contribution is 0.0193. The summed E-state index contributed by atoms with van der Waals surface area (Å²) in [6.45, 7) is 12.8. The second-order valence-electron chi connectivity index (χ2n) is 9.23. The molecule has 0 spiro atoms. The molecule has 2 aromatic rings. The first-order chi connectivity index (χ1) is 14.4. The third kappa shape index (κ3) is 8.32. The van der Waals surface area contributed by atoms with Crippen LogP contribution >= 0.6 is 0 Å². The molecule has 168 valence electrons. The average Bonchev–Trinajstić information content (AvgIpc) is 2.62. The number of rotatable bonds is 5. The van der Waals surface area contributed by atoms with Crippen LogP contribution in [0.2, 0.25) is 0 Å². The topological polar surface area (TPSA) is 71.1 Å². The molecule has 6 nitrogen and oxygen atoms in total. The maximum atomic E-state index is 11.8. The van der Waals surface area contributed by atoms with Crippen LogP contribution in [0.5, 0.6) is 11.5 Å². The Balaban J connectivity index is 2.05. The number of hydrogen-bond acceptors (Lipinski definition) is 6. The van der Waals surface area contributed by atoms with Gasteiger partial charge in [-0.25, -0.2) is 9.59 Å². The van der Waals surface area contributed by atoms with E-state index < -0.39 is 23.5 Å². The van der Waals surface area contributed by atoms with Crippen molar-refractivity contribution in [2.75, 3.05) is 0 Å². The molecule has 0 bridgehead atoms. The predicted molar refractivity (Wildman–Crippen MR) is 119 cm³/mol. The minimum Gasteiger partial charge on any atom is -0.428 e. The van der Waals surface area contributed by atoms with Gasteiger partial charge in [-0.3, -0.25) is 0 Å². The van der Waals surface area contributed by atoms with E-state index in [1.807, 2.05) is 24.3 Å². The molecule has 2 rings (SSSR count). The first kappa shape index (κ1) is 24.3. The molecule has 0 atom stereocenters. The highest BCUT2D eigenvalue weighted by Crippen LogP contribution is 2.30. The summed E-state index contributed by atoms with van der Waals surface area (Å²) in [6, 6.07) is 14.7. The predicted octanol–water partition coefficient (Wildman–Crippen LogP) is 6.86. The smallest absolute Gasteiger partial charge is 0.428 e. The zero-order valence-corrected chi connectivity index (χ0v) is 19.4. The fourth-order valence-electron chi connectivity index (χ4n) is 2.93. The molecular weight excluding hydrogens is 396 g/mol. The molecular formula is C25H32O6. The van der Waals surface area contributed by atoms with Crippen molar-refractivity contribution in [3.05, 3.63) is 59.7 Å². The number of ether oxygens (including phenoxy) is 4. The molecule has 0 saturated heterocycles. The quantitative estimate of drug-likeness (QED) is 0.383. The molecule has 0 N–H and O–H groups in total. The molecule has 0 aliphatic heterocycles. The Hall–Kier alpha value is -3.02. The Morgan fingerprint density at radius 1 is 0.677 bits per heavy atom. The van der Waals surface area contributed by atoms with E-state index in [-0.39, 0.29) is 5.92 Å². The van der Waals surface area contributed by atoms with Gasteiger partial charge in [0.2, 0.25) is 0 Å². The lowest BCUT2D eigenvalue weighted by Gasteiger charge is -2.20. The van der Waals surface area contributed by atoms with Crippen molar-refractivity contribution in [2.45, 2.75) is 72.0 Å². The Morgan fingerprint density at radius 2 is 1.00 bits per heavy atom. The van der Waals surface area contributed by atoms with Gasteiger partial charge in [-0.05, 0) is 83.4 Å². The van der Waals surface area contributed by atoms with Crippen LogP contribution in [0.25, 0.3) is 0 Å².